The van der Waals surface area contributed by atoms with Gasteiger partial charge in [-0.15, -0.1) is 0 Å². The molecular weight excluding hydrogens is 430 g/mol. The maximum absolute atomic E-state index is 13.0. The van der Waals surface area contributed by atoms with Crippen LogP contribution < -0.4 is 5.32 Å². The largest absolute Gasteiger partial charge is 0.325 e. The summed E-state index contributed by atoms with van der Waals surface area (Å²) in [5.74, 6) is -0.608. The van der Waals surface area contributed by atoms with E-state index in [0.29, 0.717) is 18.5 Å². The van der Waals surface area contributed by atoms with E-state index in [0.717, 1.165) is 11.1 Å². The summed E-state index contributed by atoms with van der Waals surface area (Å²) in [6.07, 6.45) is 0.776. The number of rotatable bonds is 5. The van der Waals surface area contributed by atoms with Crippen molar-refractivity contribution in [3.05, 3.63) is 63.7 Å². The summed E-state index contributed by atoms with van der Waals surface area (Å²) in [5, 5.41) is 13.8. The predicted octanol–water partition coefficient (Wildman–Crippen LogP) is 4.24. The van der Waals surface area contributed by atoms with Crippen molar-refractivity contribution in [1.29, 1.82) is 0 Å². The lowest BCUT2D eigenvalue weighted by Crippen LogP contribution is -2.41. The van der Waals surface area contributed by atoms with Crippen LogP contribution in [0.4, 0.5) is 11.4 Å². The van der Waals surface area contributed by atoms with Gasteiger partial charge in [-0.2, -0.15) is 4.31 Å². The molecule has 1 aliphatic rings. The number of anilines is 1. The first-order chi connectivity index (χ1) is 14.9. The minimum absolute atomic E-state index is 0.0640. The number of carbonyl (C=O) groups excluding carboxylic acids is 1. The van der Waals surface area contributed by atoms with Gasteiger partial charge >= 0.3 is 0 Å². The van der Waals surface area contributed by atoms with Gasteiger partial charge in [-0.25, -0.2) is 8.42 Å². The molecule has 0 atom stereocenters. The van der Waals surface area contributed by atoms with E-state index in [1.807, 2.05) is 12.1 Å². The Hall–Kier alpha value is -2.78. The Bertz CT molecular complexity index is 1110. The highest BCUT2D eigenvalue weighted by molar-refractivity contribution is 7.89. The van der Waals surface area contributed by atoms with E-state index < -0.39 is 14.9 Å². The lowest BCUT2D eigenvalue weighted by Gasteiger charge is -2.30. The van der Waals surface area contributed by atoms with Crippen molar-refractivity contribution in [2.24, 2.45) is 5.92 Å². The van der Waals surface area contributed by atoms with E-state index in [9.17, 15) is 23.3 Å². The zero-order valence-corrected chi connectivity index (χ0v) is 19.6. The van der Waals surface area contributed by atoms with Crippen molar-refractivity contribution < 1.29 is 18.1 Å². The first-order valence-electron chi connectivity index (χ1n) is 10.6. The summed E-state index contributed by atoms with van der Waals surface area (Å²) in [7, 11) is -3.63. The van der Waals surface area contributed by atoms with Gasteiger partial charge in [0, 0.05) is 31.1 Å². The molecule has 1 saturated heterocycles. The second-order valence-electron chi connectivity index (χ2n) is 9.20. The van der Waals surface area contributed by atoms with E-state index in [1.165, 1.54) is 16.4 Å². The molecule has 1 heterocycles. The van der Waals surface area contributed by atoms with Crippen LogP contribution in [0.15, 0.2) is 47.4 Å². The van der Waals surface area contributed by atoms with Crippen LogP contribution in [0.1, 0.15) is 44.7 Å². The first-order valence-corrected chi connectivity index (χ1v) is 12.0. The Morgan fingerprint density at radius 2 is 1.69 bits per heavy atom. The van der Waals surface area contributed by atoms with Crippen LogP contribution in [0.25, 0.3) is 0 Å². The number of nitrogens with zero attached hydrogens (tertiary/aromatic N) is 2. The number of nitro benzene ring substituents is 1. The SMILES string of the molecule is Cc1ccc([N+](=O)[O-])cc1NC(=O)C1CCN(S(=O)(=O)c2ccc(C(C)(C)C)cc2)CC1. The van der Waals surface area contributed by atoms with Gasteiger partial charge in [0.25, 0.3) is 5.69 Å². The van der Waals surface area contributed by atoms with Crippen molar-refractivity contribution in [3.8, 4) is 0 Å². The number of benzene rings is 2. The Balaban J connectivity index is 1.65. The number of nitrogens with one attached hydrogen (secondary N) is 1. The number of amides is 1. The van der Waals surface area contributed by atoms with Crippen molar-refractivity contribution in [2.75, 3.05) is 18.4 Å². The summed E-state index contributed by atoms with van der Waals surface area (Å²) in [6.45, 7) is 8.47. The summed E-state index contributed by atoms with van der Waals surface area (Å²) >= 11 is 0. The summed E-state index contributed by atoms with van der Waals surface area (Å²) in [5.41, 5.74) is 2.03. The van der Waals surface area contributed by atoms with Crippen molar-refractivity contribution in [2.45, 2.75) is 50.8 Å². The highest BCUT2D eigenvalue weighted by Gasteiger charge is 2.32. The normalized spacial score (nSPS) is 16.0. The summed E-state index contributed by atoms with van der Waals surface area (Å²) in [4.78, 5) is 23.4. The average molecular weight is 460 g/mol. The van der Waals surface area contributed by atoms with Gasteiger partial charge in [0.05, 0.1) is 15.5 Å². The van der Waals surface area contributed by atoms with Gasteiger partial charge in [-0.3, -0.25) is 14.9 Å². The van der Waals surface area contributed by atoms with Crippen molar-refractivity contribution >= 4 is 27.3 Å². The molecule has 1 amide bonds. The number of sulfonamides is 1. The predicted molar refractivity (Wildman–Crippen MR) is 123 cm³/mol. The van der Waals surface area contributed by atoms with Crippen LogP contribution in [0, 0.1) is 23.0 Å². The number of non-ortho nitro benzene ring substituents is 1. The second kappa shape index (κ2) is 8.99. The third-order valence-corrected chi connectivity index (χ3v) is 7.79. The van der Waals surface area contributed by atoms with Crippen LogP contribution in [0.2, 0.25) is 0 Å². The maximum Gasteiger partial charge on any atom is 0.271 e. The zero-order chi connectivity index (χ0) is 23.7. The maximum atomic E-state index is 13.0. The first kappa shape index (κ1) is 23.9. The van der Waals surface area contributed by atoms with Crippen LogP contribution in [0.3, 0.4) is 0 Å². The number of aryl methyl sites for hydroxylation is 1. The molecule has 0 aromatic heterocycles. The Morgan fingerprint density at radius 1 is 1.09 bits per heavy atom. The van der Waals surface area contributed by atoms with E-state index in [-0.39, 0.29) is 40.9 Å². The van der Waals surface area contributed by atoms with Gasteiger partial charge in [-0.1, -0.05) is 39.0 Å². The molecular formula is C23H29N3O5S. The van der Waals surface area contributed by atoms with Crippen LogP contribution in [-0.2, 0) is 20.2 Å². The van der Waals surface area contributed by atoms with Gasteiger partial charge in [0.2, 0.25) is 15.9 Å². The molecule has 0 saturated carbocycles. The fourth-order valence-corrected chi connectivity index (χ4v) is 5.20. The van der Waals surface area contributed by atoms with E-state index in [2.05, 4.69) is 26.1 Å². The topological polar surface area (TPSA) is 110 Å². The number of hydrogen-bond acceptors (Lipinski definition) is 5. The van der Waals surface area contributed by atoms with Crippen molar-refractivity contribution in [1.82, 2.24) is 4.31 Å². The standard InChI is InChI=1S/C23H29N3O5S/c1-16-5-8-19(26(28)29)15-21(16)24-22(27)17-11-13-25(14-12-17)32(30,31)20-9-6-18(7-10-20)23(2,3)4/h5-10,15,17H,11-14H2,1-4H3,(H,24,27). The van der Waals surface area contributed by atoms with Gasteiger partial charge in [0.15, 0.2) is 0 Å². The molecule has 2 aromatic rings. The molecule has 1 N–H and O–H groups in total. The highest BCUT2D eigenvalue weighted by Crippen LogP contribution is 2.28. The fraction of sp³-hybridized carbons (Fsp3) is 0.435. The zero-order valence-electron chi connectivity index (χ0n) is 18.8. The molecule has 0 radical (unpaired) electrons. The number of hydrogen-bond donors (Lipinski definition) is 1. The molecule has 2 aromatic carbocycles. The van der Waals surface area contributed by atoms with E-state index in [4.69, 9.17) is 0 Å². The smallest absolute Gasteiger partial charge is 0.271 e. The monoisotopic (exact) mass is 459 g/mol. The van der Waals surface area contributed by atoms with Crippen molar-refractivity contribution in [3.63, 3.8) is 0 Å². The van der Waals surface area contributed by atoms with Gasteiger partial charge in [0.1, 0.15) is 0 Å². The minimum Gasteiger partial charge on any atom is -0.325 e. The number of piperidine rings is 1. The molecule has 8 nitrogen and oxygen atoms in total. The van der Waals surface area contributed by atoms with Crippen LogP contribution in [-0.4, -0.2) is 36.6 Å². The molecule has 3 rings (SSSR count). The minimum atomic E-state index is -3.63. The van der Waals surface area contributed by atoms with Crippen LogP contribution >= 0.6 is 0 Å². The fourth-order valence-electron chi connectivity index (χ4n) is 3.73. The average Bonchev–Trinajstić information content (AvgIpc) is 2.74. The third kappa shape index (κ3) is 5.16. The Morgan fingerprint density at radius 3 is 2.22 bits per heavy atom. The molecule has 0 bridgehead atoms. The third-order valence-electron chi connectivity index (χ3n) is 5.87. The van der Waals surface area contributed by atoms with Gasteiger partial charge in [-0.05, 0) is 48.4 Å². The quantitative estimate of drug-likeness (QED) is 0.531. The molecule has 32 heavy (non-hydrogen) atoms. The highest BCUT2D eigenvalue weighted by atomic mass is 32.2. The molecule has 0 spiro atoms. The van der Waals surface area contributed by atoms with Crippen LogP contribution in [0.5, 0.6) is 0 Å². The molecule has 0 unspecified atom stereocenters. The lowest BCUT2D eigenvalue weighted by molar-refractivity contribution is -0.384. The molecule has 1 aliphatic heterocycles. The molecule has 9 heteroatoms. The Kier molecular flexibility index (Phi) is 6.71. The summed E-state index contributed by atoms with van der Waals surface area (Å²) < 4.78 is 27.5. The molecule has 172 valence electrons. The van der Waals surface area contributed by atoms with E-state index >= 15 is 0 Å². The van der Waals surface area contributed by atoms with Gasteiger partial charge < -0.3 is 5.32 Å². The van der Waals surface area contributed by atoms with E-state index in [1.54, 1.807) is 25.1 Å². The Labute approximate surface area is 188 Å². The molecule has 0 aliphatic carbocycles. The summed E-state index contributed by atoms with van der Waals surface area (Å²) in [6, 6.07) is 11.3. The lowest BCUT2D eigenvalue weighted by atomic mass is 9.87. The second-order valence-corrected chi connectivity index (χ2v) is 11.1. The molecule has 1 fully saturated rings. The number of nitro groups is 1. The number of carbonyl (C=O) groups is 1.